The molecule has 100 valence electrons. The van der Waals surface area contributed by atoms with Gasteiger partial charge in [0.2, 0.25) is 5.91 Å². The van der Waals surface area contributed by atoms with Crippen LogP contribution in [0, 0.1) is 5.41 Å². The summed E-state index contributed by atoms with van der Waals surface area (Å²) in [6, 6.07) is 0. The molecule has 1 atom stereocenters. The Morgan fingerprint density at radius 3 is 2.41 bits per heavy atom. The van der Waals surface area contributed by atoms with E-state index >= 15 is 0 Å². The Morgan fingerprint density at radius 2 is 1.94 bits per heavy atom. The maximum Gasteiger partial charge on any atom is 0.311 e. The van der Waals surface area contributed by atoms with Gasteiger partial charge >= 0.3 is 5.97 Å². The molecule has 0 aliphatic carbocycles. The highest BCUT2D eigenvalue weighted by Crippen LogP contribution is 2.19. The molecule has 5 nitrogen and oxygen atoms in total. The number of ether oxygens (including phenoxy) is 1. The lowest BCUT2D eigenvalue weighted by Crippen LogP contribution is -2.40. The Balaban J connectivity index is 3.86. The van der Waals surface area contributed by atoms with Crippen molar-refractivity contribution in [3.63, 3.8) is 0 Å². The van der Waals surface area contributed by atoms with Gasteiger partial charge in [-0.15, -0.1) is 0 Å². The number of hydrogen-bond acceptors (Lipinski definition) is 3. The van der Waals surface area contributed by atoms with Crippen molar-refractivity contribution in [2.75, 3.05) is 19.8 Å². The highest BCUT2D eigenvalue weighted by Gasteiger charge is 2.31. The first-order valence-electron chi connectivity index (χ1n) is 6.04. The van der Waals surface area contributed by atoms with Crippen LogP contribution in [0.5, 0.6) is 0 Å². The van der Waals surface area contributed by atoms with Crippen molar-refractivity contribution < 1.29 is 19.4 Å². The molecular weight excluding hydrogens is 222 g/mol. The van der Waals surface area contributed by atoms with Gasteiger partial charge in [-0.2, -0.15) is 0 Å². The molecule has 1 unspecified atom stereocenters. The molecule has 5 heteroatoms. The number of carboxylic acid groups (broad SMARTS) is 1. The maximum absolute atomic E-state index is 11.4. The van der Waals surface area contributed by atoms with Crippen LogP contribution >= 0.6 is 0 Å². The van der Waals surface area contributed by atoms with Gasteiger partial charge in [0.15, 0.2) is 0 Å². The third-order valence-corrected chi connectivity index (χ3v) is 2.79. The number of rotatable bonds is 9. The first kappa shape index (κ1) is 15.9. The monoisotopic (exact) mass is 245 g/mol. The largest absolute Gasteiger partial charge is 0.481 e. The lowest BCUT2D eigenvalue weighted by atomic mass is 9.88. The molecule has 2 N–H and O–H groups in total. The van der Waals surface area contributed by atoms with Crippen molar-refractivity contribution in [1.29, 1.82) is 0 Å². The van der Waals surface area contributed by atoms with E-state index in [1.165, 1.54) is 0 Å². The van der Waals surface area contributed by atoms with E-state index in [9.17, 15) is 9.59 Å². The zero-order valence-electron chi connectivity index (χ0n) is 10.9. The SMILES string of the molecule is CCCOCCC(=O)NCC(C)(CC)C(=O)O. The van der Waals surface area contributed by atoms with Crippen LogP contribution in [0.1, 0.15) is 40.0 Å². The molecule has 0 aromatic carbocycles. The smallest absolute Gasteiger partial charge is 0.311 e. The van der Waals surface area contributed by atoms with Crippen LogP contribution in [0.25, 0.3) is 0 Å². The second kappa shape index (κ2) is 8.06. The second-order valence-corrected chi connectivity index (χ2v) is 4.36. The van der Waals surface area contributed by atoms with Crippen molar-refractivity contribution in [3.8, 4) is 0 Å². The summed E-state index contributed by atoms with van der Waals surface area (Å²) in [5.41, 5.74) is -0.889. The summed E-state index contributed by atoms with van der Waals surface area (Å²) >= 11 is 0. The fraction of sp³-hybridized carbons (Fsp3) is 0.833. The van der Waals surface area contributed by atoms with Crippen molar-refractivity contribution in [1.82, 2.24) is 5.32 Å². The lowest BCUT2D eigenvalue weighted by Gasteiger charge is -2.23. The third-order valence-electron chi connectivity index (χ3n) is 2.79. The molecule has 0 fully saturated rings. The van der Waals surface area contributed by atoms with E-state index in [2.05, 4.69) is 5.32 Å². The number of amides is 1. The van der Waals surface area contributed by atoms with Crippen LogP contribution in [-0.2, 0) is 14.3 Å². The van der Waals surface area contributed by atoms with E-state index in [4.69, 9.17) is 9.84 Å². The molecule has 0 bridgehead atoms. The van der Waals surface area contributed by atoms with E-state index in [-0.39, 0.29) is 18.9 Å². The molecule has 0 aliphatic rings. The predicted molar refractivity (Wildman–Crippen MR) is 64.8 cm³/mol. The number of carbonyl (C=O) groups excluding carboxylic acids is 1. The third kappa shape index (κ3) is 6.26. The average molecular weight is 245 g/mol. The van der Waals surface area contributed by atoms with E-state index in [1.54, 1.807) is 13.8 Å². The summed E-state index contributed by atoms with van der Waals surface area (Å²) in [4.78, 5) is 22.4. The topological polar surface area (TPSA) is 75.6 Å². The molecular formula is C12H23NO4. The van der Waals surface area contributed by atoms with Gasteiger partial charge in [-0.25, -0.2) is 0 Å². The summed E-state index contributed by atoms with van der Waals surface area (Å²) in [7, 11) is 0. The van der Waals surface area contributed by atoms with Gasteiger partial charge in [-0.1, -0.05) is 13.8 Å². The minimum Gasteiger partial charge on any atom is -0.481 e. The molecule has 0 saturated carbocycles. The van der Waals surface area contributed by atoms with Gasteiger partial charge < -0.3 is 15.2 Å². The van der Waals surface area contributed by atoms with Gasteiger partial charge in [0.1, 0.15) is 0 Å². The standard InChI is InChI=1S/C12H23NO4/c1-4-7-17-8-6-10(14)13-9-12(3,5-2)11(15)16/h4-9H2,1-3H3,(H,13,14)(H,15,16). The van der Waals surface area contributed by atoms with E-state index in [0.29, 0.717) is 19.6 Å². The van der Waals surface area contributed by atoms with Gasteiger partial charge in [0, 0.05) is 19.6 Å². The molecule has 0 aromatic heterocycles. The summed E-state index contributed by atoms with van der Waals surface area (Å²) < 4.78 is 5.18. The molecule has 0 heterocycles. The molecule has 0 aliphatic heterocycles. The summed E-state index contributed by atoms with van der Waals surface area (Å²) in [6.45, 7) is 6.61. The zero-order valence-corrected chi connectivity index (χ0v) is 10.9. The Kier molecular flexibility index (Phi) is 7.54. The van der Waals surface area contributed by atoms with Crippen LogP contribution in [0.2, 0.25) is 0 Å². The lowest BCUT2D eigenvalue weighted by molar-refractivity contribution is -0.148. The Morgan fingerprint density at radius 1 is 1.29 bits per heavy atom. The molecule has 0 saturated heterocycles. The van der Waals surface area contributed by atoms with E-state index in [1.807, 2.05) is 6.92 Å². The van der Waals surface area contributed by atoms with Crippen LogP contribution < -0.4 is 5.32 Å². The van der Waals surface area contributed by atoms with Gasteiger partial charge in [-0.05, 0) is 19.8 Å². The van der Waals surface area contributed by atoms with Crippen molar-refractivity contribution >= 4 is 11.9 Å². The van der Waals surface area contributed by atoms with Crippen molar-refractivity contribution in [3.05, 3.63) is 0 Å². The molecule has 0 aromatic rings. The van der Waals surface area contributed by atoms with Crippen LogP contribution in [0.15, 0.2) is 0 Å². The van der Waals surface area contributed by atoms with Crippen LogP contribution in [0.4, 0.5) is 0 Å². The predicted octanol–water partition coefficient (Wildman–Crippen LogP) is 1.42. The summed E-state index contributed by atoms with van der Waals surface area (Å²) in [5, 5.41) is 11.6. The van der Waals surface area contributed by atoms with Gasteiger partial charge in [0.05, 0.1) is 12.0 Å². The normalized spacial score (nSPS) is 14.1. The number of hydrogen-bond donors (Lipinski definition) is 2. The Labute approximate surface area is 103 Å². The van der Waals surface area contributed by atoms with Crippen LogP contribution in [0.3, 0.4) is 0 Å². The molecule has 17 heavy (non-hydrogen) atoms. The number of carboxylic acids is 1. The Bertz CT molecular complexity index is 255. The first-order valence-corrected chi connectivity index (χ1v) is 6.04. The van der Waals surface area contributed by atoms with Crippen LogP contribution in [-0.4, -0.2) is 36.7 Å². The minimum atomic E-state index is -0.889. The fourth-order valence-electron chi connectivity index (χ4n) is 1.15. The number of nitrogens with one attached hydrogen (secondary N) is 1. The van der Waals surface area contributed by atoms with Gasteiger partial charge in [0.25, 0.3) is 0 Å². The number of aliphatic carboxylic acids is 1. The minimum absolute atomic E-state index is 0.158. The fourth-order valence-corrected chi connectivity index (χ4v) is 1.15. The number of carbonyl (C=O) groups is 2. The summed E-state index contributed by atoms with van der Waals surface area (Å²) in [5.74, 6) is -1.05. The molecule has 1 amide bonds. The highest BCUT2D eigenvalue weighted by molar-refractivity contribution is 5.78. The zero-order chi connectivity index (χ0) is 13.3. The van der Waals surface area contributed by atoms with E-state index in [0.717, 1.165) is 6.42 Å². The van der Waals surface area contributed by atoms with Crippen molar-refractivity contribution in [2.45, 2.75) is 40.0 Å². The quantitative estimate of drug-likeness (QED) is 0.602. The maximum atomic E-state index is 11.4. The Hall–Kier alpha value is -1.10. The first-order chi connectivity index (χ1) is 7.96. The van der Waals surface area contributed by atoms with Gasteiger partial charge in [-0.3, -0.25) is 9.59 Å². The molecule has 0 rings (SSSR count). The second-order valence-electron chi connectivity index (χ2n) is 4.36. The highest BCUT2D eigenvalue weighted by atomic mass is 16.5. The van der Waals surface area contributed by atoms with Crippen molar-refractivity contribution in [2.24, 2.45) is 5.41 Å². The molecule has 0 radical (unpaired) electrons. The van der Waals surface area contributed by atoms with E-state index < -0.39 is 11.4 Å². The average Bonchev–Trinajstić information content (AvgIpc) is 2.31. The summed E-state index contributed by atoms with van der Waals surface area (Å²) in [6.07, 6.45) is 1.68. The molecule has 0 spiro atoms.